The predicted molar refractivity (Wildman–Crippen MR) is 136 cm³/mol. The van der Waals surface area contributed by atoms with Crippen molar-refractivity contribution in [2.45, 2.75) is 36.5 Å². The number of sulfone groups is 2. The number of nitrogens with zero attached hydrogens (tertiary/aromatic N) is 1. The summed E-state index contributed by atoms with van der Waals surface area (Å²) in [4.78, 5) is 27.2. The molecule has 2 heterocycles. The standard InChI is InChI=1S/C12H13N3O3S.C12H12O4S/c1-2-7-5-8-3-4-19(17,18)10(8)6-9(7)11(16)15-12(13)14;1-3-8-6-9-4-5-17(14,15)11(9)7-10(8)12(13)16-2/h3-6H,2H2,1H3,(H4,13,14,15,16);4-7H,3H2,1-2H3. The Labute approximate surface area is 209 Å². The van der Waals surface area contributed by atoms with Gasteiger partial charge in [-0.15, -0.1) is 0 Å². The highest BCUT2D eigenvalue weighted by Crippen LogP contribution is 2.31. The van der Waals surface area contributed by atoms with Gasteiger partial charge in [0.05, 0.1) is 22.5 Å². The molecule has 0 fully saturated rings. The summed E-state index contributed by atoms with van der Waals surface area (Å²) in [6.45, 7) is 3.77. The number of hydrogen-bond donors (Lipinski definition) is 2. The summed E-state index contributed by atoms with van der Waals surface area (Å²) in [5.41, 5.74) is 13.6. The van der Waals surface area contributed by atoms with Crippen LogP contribution in [0.25, 0.3) is 12.2 Å². The molecule has 4 N–H and O–H groups in total. The molecule has 0 spiro atoms. The molecule has 0 unspecified atom stereocenters. The second kappa shape index (κ2) is 10.1. The number of hydrogen-bond acceptors (Lipinski definition) is 7. The minimum atomic E-state index is -3.46. The summed E-state index contributed by atoms with van der Waals surface area (Å²) in [7, 11) is -5.56. The molecule has 10 nitrogen and oxygen atoms in total. The molecule has 1 amide bonds. The molecular weight excluding hydrogens is 506 g/mol. The summed E-state index contributed by atoms with van der Waals surface area (Å²) in [5, 5.41) is 2.27. The molecule has 2 aliphatic heterocycles. The molecule has 0 bridgehead atoms. The van der Waals surface area contributed by atoms with Gasteiger partial charge < -0.3 is 16.2 Å². The lowest BCUT2D eigenvalue weighted by Crippen LogP contribution is -2.24. The number of aliphatic imine (C=N–C) groups is 1. The third-order valence-electron chi connectivity index (χ3n) is 5.57. The lowest BCUT2D eigenvalue weighted by molar-refractivity contribution is 0.0599. The quantitative estimate of drug-likeness (QED) is 0.340. The normalized spacial score (nSPS) is 15.3. The Balaban J connectivity index is 0.000000202. The van der Waals surface area contributed by atoms with E-state index in [9.17, 15) is 26.4 Å². The molecule has 4 rings (SSSR count). The Hall–Kier alpha value is -3.77. The van der Waals surface area contributed by atoms with Crippen molar-refractivity contribution in [1.29, 1.82) is 0 Å². The molecule has 12 heteroatoms. The third-order valence-corrected chi connectivity index (χ3v) is 8.49. The number of rotatable bonds is 4. The van der Waals surface area contributed by atoms with Gasteiger partial charge in [-0.05, 0) is 71.5 Å². The van der Waals surface area contributed by atoms with Crippen molar-refractivity contribution in [3.8, 4) is 0 Å². The van der Waals surface area contributed by atoms with Crippen LogP contribution < -0.4 is 11.5 Å². The van der Waals surface area contributed by atoms with E-state index in [1.807, 2.05) is 13.8 Å². The second-order valence-corrected chi connectivity index (χ2v) is 11.4. The average Bonchev–Trinajstić information content (AvgIpc) is 3.30. The van der Waals surface area contributed by atoms with E-state index in [4.69, 9.17) is 11.5 Å². The number of carbonyl (C=O) groups is 2. The number of amides is 1. The van der Waals surface area contributed by atoms with E-state index in [1.54, 1.807) is 18.2 Å². The molecule has 190 valence electrons. The van der Waals surface area contributed by atoms with Crippen LogP contribution in [-0.4, -0.2) is 41.8 Å². The molecule has 36 heavy (non-hydrogen) atoms. The SMILES string of the molecule is CCc1cc2c(cc1C(=O)N=C(N)N)S(=O)(=O)C=C2.CCc1cc2c(cc1C(=O)OC)S(=O)(=O)C=C2. The second-order valence-electron chi connectivity index (χ2n) is 7.83. The van der Waals surface area contributed by atoms with E-state index < -0.39 is 31.6 Å². The van der Waals surface area contributed by atoms with Crippen molar-refractivity contribution in [2.24, 2.45) is 16.5 Å². The predicted octanol–water partition coefficient (Wildman–Crippen LogP) is 2.21. The molecule has 0 aliphatic carbocycles. The van der Waals surface area contributed by atoms with E-state index >= 15 is 0 Å². The molecule has 0 aromatic heterocycles. The molecule has 0 radical (unpaired) electrons. The van der Waals surface area contributed by atoms with Gasteiger partial charge in [-0.3, -0.25) is 4.79 Å². The molecular formula is C24H25N3O7S2. The molecule has 0 atom stereocenters. The third kappa shape index (κ3) is 5.24. The summed E-state index contributed by atoms with van der Waals surface area (Å²) in [6, 6.07) is 6.13. The summed E-state index contributed by atoms with van der Waals surface area (Å²) in [6.07, 6.45) is 4.28. The number of methoxy groups -OCH3 is 1. The summed E-state index contributed by atoms with van der Waals surface area (Å²) >= 11 is 0. The van der Waals surface area contributed by atoms with Crippen LogP contribution in [0.3, 0.4) is 0 Å². The fraction of sp³-hybridized carbons (Fsp3) is 0.208. The van der Waals surface area contributed by atoms with Crippen molar-refractivity contribution in [2.75, 3.05) is 7.11 Å². The van der Waals surface area contributed by atoms with Crippen LogP contribution in [0.15, 0.2) is 49.9 Å². The van der Waals surface area contributed by atoms with Gasteiger partial charge in [0.25, 0.3) is 5.91 Å². The Morgan fingerprint density at radius 2 is 1.25 bits per heavy atom. The van der Waals surface area contributed by atoms with Crippen LogP contribution in [0, 0.1) is 0 Å². The highest BCUT2D eigenvalue weighted by atomic mass is 32.2. The highest BCUT2D eigenvalue weighted by Gasteiger charge is 2.25. The molecule has 0 saturated heterocycles. The minimum absolute atomic E-state index is 0.110. The van der Waals surface area contributed by atoms with E-state index in [0.717, 1.165) is 16.4 Å². The molecule has 2 aromatic rings. The van der Waals surface area contributed by atoms with E-state index in [2.05, 4.69) is 9.73 Å². The zero-order chi connectivity index (χ0) is 26.8. The number of aryl methyl sites for hydroxylation is 2. The summed E-state index contributed by atoms with van der Waals surface area (Å²) < 4.78 is 51.5. The van der Waals surface area contributed by atoms with Gasteiger partial charge in [-0.1, -0.05) is 13.8 Å². The fourth-order valence-electron chi connectivity index (χ4n) is 3.77. The summed E-state index contributed by atoms with van der Waals surface area (Å²) in [5.74, 6) is -1.50. The Morgan fingerprint density at radius 3 is 1.67 bits per heavy atom. The maximum atomic E-state index is 11.9. The first-order valence-corrected chi connectivity index (χ1v) is 13.9. The van der Waals surface area contributed by atoms with Gasteiger partial charge >= 0.3 is 5.97 Å². The number of ether oxygens (including phenoxy) is 1. The van der Waals surface area contributed by atoms with E-state index in [-0.39, 0.29) is 21.3 Å². The first-order chi connectivity index (χ1) is 16.8. The molecule has 0 saturated carbocycles. The van der Waals surface area contributed by atoms with Crippen molar-refractivity contribution in [3.05, 3.63) is 68.5 Å². The zero-order valence-electron chi connectivity index (χ0n) is 19.8. The van der Waals surface area contributed by atoms with Crippen LogP contribution in [-0.2, 0) is 37.3 Å². The van der Waals surface area contributed by atoms with Crippen LogP contribution in [0.4, 0.5) is 0 Å². The van der Waals surface area contributed by atoms with E-state index in [1.165, 1.54) is 25.3 Å². The van der Waals surface area contributed by atoms with Gasteiger partial charge in [0.15, 0.2) is 25.6 Å². The molecule has 2 aromatic carbocycles. The van der Waals surface area contributed by atoms with E-state index in [0.29, 0.717) is 35.1 Å². The van der Waals surface area contributed by atoms with Crippen LogP contribution in [0.5, 0.6) is 0 Å². The zero-order valence-corrected chi connectivity index (χ0v) is 21.4. The van der Waals surface area contributed by atoms with Crippen molar-refractivity contribution >= 4 is 49.7 Å². The minimum Gasteiger partial charge on any atom is -0.465 e. The van der Waals surface area contributed by atoms with Gasteiger partial charge in [0, 0.05) is 16.4 Å². The van der Waals surface area contributed by atoms with Gasteiger partial charge in [0.2, 0.25) is 0 Å². The average molecular weight is 532 g/mol. The maximum Gasteiger partial charge on any atom is 0.338 e. The fourth-order valence-corrected chi connectivity index (χ4v) is 6.19. The number of carbonyl (C=O) groups excluding carboxylic acids is 2. The Morgan fingerprint density at radius 1 is 0.806 bits per heavy atom. The smallest absolute Gasteiger partial charge is 0.338 e. The number of esters is 1. The number of guanidine groups is 1. The largest absolute Gasteiger partial charge is 0.465 e. The van der Waals surface area contributed by atoms with Crippen LogP contribution in [0.1, 0.15) is 56.8 Å². The Bertz CT molecular complexity index is 1570. The number of nitrogens with two attached hydrogens (primary N) is 2. The topological polar surface area (TPSA) is 176 Å². The van der Waals surface area contributed by atoms with Gasteiger partial charge in [0.1, 0.15) is 0 Å². The lowest BCUT2D eigenvalue weighted by atomic mass is 10.0. The van der Waals surface area contributed by atoms with Crippen LogP contribution in [0.2, 0.25) is 0 Å². The van der Waals surface area contributed by atoms with Crippen molar-refractivity contribution in [3.63, 3.8) is 0 Å². The van der Waals surface area contributed by atoms with Crippen molar-refractivity contribution < 1.29 is 31.2 Å². The van der Waals surface area contributed by atoms with Crippen molar-refractivity contribution in [1.82, 2.24) is 0 Å². The highest BCUT2D eigenvalue weighted by molar-refractivity contribution is 7.95. The maximum absolute atomic E-state index is 11.9. The number of benzene rings is 2. The Kier molecular flexibility index (Phi) is 7.51. The number of fused-ring (bicyclic) bond motifs is 2. The molecule has 2 aliphatic rings. The monoisotopic (exact) mass is 531 g/mol. The van der Waals surface area contributed by atoms with Gasteiger partial charge in [-0.25, -0.2) is 21.6 Å². The van der Waals surface area contributed by atoms with Crippen LogP contribution >= 0.6 is 0 Å². The first kappa shape index (κ1) is 26.8. The van der Waals surface area contributed by atoms with Gasteiger partial charge in [-0.2, -0.15) is 4.99 Å². The first-order valence-electron chi connectivity index (χ1n) is 10.8. The lowest BCUT2D eigenvalue weighted by Gasteiger charge is -2.08.